The van der Waals surface area contributed by atoms with Gasteiger partial charge in [-0.25, -0.2) is 0 Å². The van der Waals surface area contributed by atoms with E-state index in [9.17, 15) is 5.11 Å². The molecule has 11 heavy (non-hydrogen) atoms. The van der Waals surface area contributed by atoms with Crippen LogP contribution in [-0.2, 0) is 0 Å². The van der Waals surface area contributed by atoms with E-state index in [4.69, 9.17) is 0 Å². The largest absolute Gasteiger partial charge is 0.846 e. The SMILES string of the molecule is CN=C([O-])N(C1CC1)C1CC1. The van der Waals surface area contributed by atoms with Crippen LogP contribution in [-0.4, -0.2) is 30.1 Å². The minimum Gasteiger partial charge on any atom is -0.846 e. The second kappa shape index (κ2) is 2.40. The van der Waals surface area contributed by atoms with Gasteiger partial charge in [0.15, 0.2) is 0 Å². The van der Waals surface area contributed by atoms with E-state index in [2.05, 4.69) is 4.99 Å². The highest BCUT2D eigenvalue weighted by atomic mass is 16.3. The van der Waals surface area contributed by atoms with Gasteiger partial charge < -0.3 is 10.0 Å². The average Bonchev–Trinajstić information content (AvgIpc) is 2.81. The lowest BCUT2D eigenvalue weighted by molar-refractivity contribution is -0.236. The molecule has 0 unspecified atom stereocenters. The summed E-state index contributed by atoms with van der Waals surface area (Å²) >= 11 is 0. The number of hydrogen-bond donors (Lipinski definition) is 0. The average molecular weight is 153 g/mol. The molecule has 0 N–H and O–H groups in total. The van der Waals surface area contributed by atoms with Crippen LogP contribution in [0.25, 0.3) is 0 Å². The van der Waals surface area contributed by atoms with Gasteiger partial charge in [0.2, 0.25) is 0 Å². The van der Waals surface area contributed by atoms with E-state index < -0.39 is 0 Å². The van der Waals surface area contributed by atoms with E-state index in [1.54, 1.807) is 7.05 Å². The summed E-state index contributed by atoms with van der Waals surface area (Å²) in [7, 11) is 1.58. The summed E-state index contributed by atoms with van der Waals surface area (Å²) < 4.78 is 0. The molecule has 62 valence electrons. The van der Waals surface area contributed by atoms with E-state index in [1.807, 2.05) is 4.90 Å². The molecule has 0 atom stereocenters. The summed E-state index contributed by atoms with van der Waals surface area (Å²) in [6.07, 6.45) is 4.77. The van der Waals surface area contributed by atoms with Crippen LogP contribution in [0.3, 0.4) is 0 Å². The monoisotopic (exact) mass is 153 g/mol. The van der Waals surface area contributed by atoms with Gasteiger partial charge in [-0.1, -0.05) is 0 Å². The van der Waals surface area contributed by atoms with Crippen LogP contribution in [0.15, 0.2) is 4.99 Å². The zero-order valence-corrected chi connectivity index (χ0v) is 6.79. The van der Waals surface area contributed by atoms with Crippen molar-refractivity contribution in [3.8, 4) is 0 Å². The zero-order valence-electron chi connectivity index (χ0n) is 6.79. The Morgan fingerprint density at radius 1 is 1.27 bits per heavy atom. The fourth-order valence-corrected chi connectivity index (χ4v) is 1.43. The molecule has 2 saturated carbocycles. The first-order valence-electron chi connectivity index (χ1n) is 4.25. The lowest BCUT2D eigenvalue weighted by Crippen LogP contribution is -2.42. The molecular weight excluding hydrogens is 140 g/mol. The first-order chi connectivity index (χ1) is 5.33. The number of aliphatic imine (C=N–C) groups is 1. The normalized spacial score (nSPS) is 25.4. The molecular formula is C8H13N2O-. The van der Waals surface area contributed by atoms with E-state index in [1.165, 1.54) is 25.7 Å². The Labute approximate surface area is 66.7 Å². The van der Waals surface area contributed by atoms with Gasteiger partial charge in [-0.2, -0.15) is 0 Å². The number of nitrogens with zero attached hydrogens (tertiary/aromatic N) is 2. The first-order valence-corrected chi connectivity index (χ1v) is 4.25. The van der Waals surface area contributed by atoms with Crippen molar-refractivity contribution < 1.29 is 5.11 Å². The van der Waals surface area contributed by atoms with Crippen LogP contribution in [0.2, 0.25) is 0 Å². The third kappa shape index (κ3) is 1.32. The van der Waals surface area contributed by atoms with E-state index in [0.717, 1.165) is 0 Å². The molecule has 0 amide bonds. The molecule has 0 saturated heterocycles. The second-order valence-electron chi connectivity index (χ2n) is 3.38. The predicted octanol–water partition coefficient (Wildman–Crippen LogP) is -0.0407. The Balaban J connectivity index is 2.02. The maximum Gasteiger partial charge on any atom is 0.0500 e. The summed E-state index contributed by atoms with van der Waals surface area (Å²) in [6.45, 7) is 0. The minimum atomic E-state index is -0.00463. The van der Waals surface area contributed by atoms with Crippen LogP contribution in [0.4, 0.5) is 0 Å². The molecule has 2 aliphatic rings. The lowest BCUT2D eigenvalue weighted by atomic mass is 10.5. The van der Waals surface area contributed by atoms with Crippen LogP contribution >= 0.6 is 0 Å². The Hall–Kier alpha value is -0.730. The molecule has 2 fully saturated rings. The van der Waals surface area contributed by atoms with E-state index in [-0.39, 0.29) is 6.02 Å². The van der Waals surface area contributed by atoms with Crippen molar-refractivity contribution in [2.24, 2.45) is 4.99 Å². The van der Waals surface area contributed by atoms with Gasteiger partial charge in [-0.05, 0) is 25.7 Å². The number of rotatable bonds is 2. The number of hydrogen-bond acceptors (Lipinski definition) is 2. The summed E-state index contributed by atoms with van der Waals surface area (Å²) in [5, 5.41) is 11.2. The van der Waals surface area contributed by atoms with E-state index >= 15 is 0 Å². The van der Waals surface area contributed by atoms with Gasteiger partial charge in [-0.15, -0.1) is 0 Å². The molecule has 0 heterocycles. The quantitative estimate of drug-likeness (QED) is 0.412. The second-order valence-corrected chi connectivity index (χ2v) is 3.38. The lowest BCUT2D eigenvalue weighted by Gasteiger charge is -2.29. The maximum atomic E-state index is 11.2. The standard InChI is InChI=1S/C8H14N2O/c1-9-8(11)10(6-2-3-6)7-4-5-7/h6-7H,2-5H2,1H3,(H,9,11)/p-1. The van der Waals surface area contributed by atoms with Crippen molar-refractivity contribution in [3.63, 3.8) is 0 Å². The molecule has 0 bridgehead atoms. The molecule has 3 heteroatoms. The Morgan fingerprint density at radius 3 is 2.00 bits per heavy atom. The van der Waals surface area contributed by atoms with Crippen LogP contribution < -0.4 is 5.11 Å². The van der Waals surface area contributed by atoms with Gasteiger partial charge in [0.1, 0.15) is 0 Å². The Bertz CT molecular complexity index is 171. The highest BCUT2D eigenvalue weighted by Gasteiger charge is 2.38. The predicted molar refractivity (Wildman–Crippen MR) is 41.2 cm³/mol. The Morgan fingerprint density at radius 2 is 1.73 bits per heavy atom. The maximum absolute atomic E-state index is 11.2. The smallest absolute Gasteiger partial charge is 0.0500 e. The van der Waals surface area contributed by atoms with Crippen molar-refractivity contribution in [3.05, 3.63) is 0 Å². The van der Waals surface area contributed by atoms with Gasteiger partial charge in [0.05, 0.1) is 6.02 Å². The van der Waals surface area contributed by atoms with Crippen LogP contribution in [0.1, 0.15) is 25.7 Å². The molecule has 0 aromatic rings. The summed E-state index contributed by atoms with van der Waals surface area (Å²) in [4.78, 5) is 5.67. The highest BCUT2D eigenvalue weighted by Crippen LogP contribution is 2.36. The first kappa shape index (κ1) is 6.95. The van der Waals surface area contributed by atoms with Crippen molar-refractivity contribution in [2.75, 3.05) is 7.05 Å². The fourth-order valence-electron chi connectivity index (χ4n) is 1.43. The molecule has 2 aliphatic carbocycles. The summed E-state index contributed by atoms with van der Waals surface area (Å²) in [5.74, 6) is 0. The summed E-state index contributed by atoms with van der Waals surface area (Å²) in [5.41, 5.74) is 0. The Kier molecular flexibility index (Phi) is 1.51. The van der Waals surface area contributed by atoms with Gasteiger partial charge in [-0.3, -0.25) is 4.99 Å². The van der Waals surface area contributed by atoms with Gasteiger partial charge in [0, 0.05) is 19.1 Å². The molecule has 0 aromatic heterocycles. The topological polar surface area (TPSA) is 38.7 Å². The molecule has 2 rings (SSSR count). The zero-order chi connectivity index (χ0) is 7.84. The molecule has 0 radical (unpaired) electrons. The molecule has 0 aliphatic heterocycles. The fraction of sp³-hybridized carbons (Fsp3) is 0.875. The molecule has 0 aromatic carbocycles. The van der Waals surface area contributed by atoms with Crippen molar-refractivity contribution in [1.82, 2.24) is 4.90 Å². The third-order valence-corrected chi connectivity index (χ3v) is 2.29. The van der Waals surface area contributed by atoms with E-state index in [0.29, 0.717) is 12.1 Å². The number of amidine groups is 1. The minimum absolute atomic E-state index is 0.00463. The van der Waals surface area contributed by atoms with Gasteiger partial charge >= 0.3 is 0 Å². The summed E-state index contributed by atoms with van der Waals surface area (Å²) in [6, 6.07) is 1.08. The van der Waals surface area contributed by atoms with Crippen molar-refractivity contribution in [2.45, 2.75) is 37.8 Å². The van der Waals surface area contributed by atoms with Crippen LogP contribution in [0.5, 0.6) is 0 Å². The third-order valence-electron chi connectivity index (χ3n) is 2.29. The molecule has 3 nitrogen and oxygen atoms in total. The highest BCUT2D eigenvalue weighted by molar-refractivity contribution is 5.70. The van der Waals surface area contributed by atoms with Crippen LogP contribution in [0, 0.1) is 0 Å². The molecule has 0 spiro atoms. The van der Waals surface area contributed by atoms with Crippen molar-refractivity contribution >= 4 is 6.02 Å². The van der Waals surface area contributed by atoms with Gasteiger partial charge in [0.25, 0.3) is 0 Å². The van der Waals surface area contributed by atoms with Crippen molar-refractivity contribution in [1.29, 1.82) is 0 Å².